The SMILES string of the molecule is NNc1nc2cc3ccccc3c(CCc3cccc(Cl)c3)c2nc1CCc1cccc(Cl)c1. The Morgan fingerprint density at radius 3 is 2.06 bits per heavy atom. The van der Waals surface area contributed by atoms with Crippen LogP contribution in [0.5, 0.6) is 0 Å². The second-order valence-electron chi connectivity index (χ2n) is 8.37. The average molecular weight is 487 g/mol. The maximum absolute atomic E-state index is 6.22. The van der Waals surface area contributed by atoms with Crippen LogP contribution in [-0.2, 0) is 25.7 Å². The van der Waals surface area contributed by atoms with E-state index in [-0.39, 0.29) is 0 Å². The van der Waals surface area contributed by atoms with Crippen molar-refractivity contribution < 1.29 is 0 Å². The molecule has 0 spiro atoms. The summed E-state index contributed by atoms with van der Waals surface area (Å²) in [5.74, 6) is 6.45. The third-order valence-corrected chi connectivity index (χ3v) is 6.56. The summed E-state index contributed by atoms with van der Waals surface area (Å²) in [5.41, 5.74) is 8.88. The molecule has 6 heteroatoms. The van der Waals surface area contributed by atoms with Crippen molar-refractivity contribution in [1.82, 2.24) is 9.97 Å². The summed E-state index contributed by atoms with van der Waals surface area (Å²) < 4.78 is 0. The minimum absolute atomic E-state index is 0.602. The number of fused-ring (bicyclic) bond motifs is 2. The van der Waals surface area contributed by atoms with Crippen LogP contribution in [0.1, 0.15) is 22.4 Å². The first-order valence-corrected chi connectivity index (χ1v) is 12.0. The smallest absolute Gasteiger partial charge is 0.162 e. The molecule has 0 radical (unpaired) electrons. The number of anilines is 1. The van der Waals surface area contributed by atoms with Gasteiger partial charge in [0.15, 0.2) is 5.82 Å². The summed E-state index contributed by atoms with van der Waals surface area (Å²) in [6.07, 6.45) is 3.18. The van der Waals surface area contributed by atoms with Crippen LogP contribution in [0.25, 0.3) is 21.8 Å². The Kier molecular flexibility index (Phi) is 6.63. The van der Waals surface area contributed by atoms with Gasteiger partial charge in [0, 0.05) is 10.0 Å². The number of hydrogen-bond acceptors (Lipinski definition) is 4. The number of hydrazine groups is 1. The maximum Gasteiger partial charge on any atom is 0.162 e. The van der Waals surface area contributed by atoms with E-state index in [0.717, 1.165) is 57.0 Å². The van der Waals surface area contributed by atoms with Gasteiger partial charge in [-0.25, -0.2) is 15.8 Å². The molecule has 0 aliphatic rings. The van der Waals surface area contributed by atoms with E-state index in [1.165, 1.54) is 16.5 Å². The van der Waals surface area contributed by atoms with Crippen LogP contribution in [0.4, 0.5) is 5.82 Å². The van der Waals surface area contributed by atoms with Crippen molar-refractivity contribution in [2.45, 2.75) is 25.7 Å². The molecule has 5 aromatic rings. The summed E-state index contributed by atoms with van der Waals surface area (Å²) in [6, 6.07) is 26.4. The maximum atomic E-state index is 6.22. The Morgan fingerprint density at radius 1 is 0.706 bits per heavy atom. The predicted molar refractivity (Wildman–Crippen MR) is 143 cm³/mol. The number of benzene rings is 4. The monoisotopic (exact) mass is 486 g/mol. The molecular formula is C28H24Cl2N4. The van der Waals surface area contributed by atoms with Gasteiger partial charge >= 0.3 is 0 Å². The Balaban J connectivity index is 1.57. The van der Waals surface area contributed by atoms with Crippen LogP contribution >= 0.6 is 23.2 Å². The molecule has 0 aliphatic carbocycles. The molecule has 170 valence electrons. The van der Waals surface area contributed by atoms with Gasteiger partial charge in [-0.05, 0) is 83.5 Å². The standard InChI is InChI=1S/C28H24Cl2N4/c29-21-8-3-5-18(15-21)11-13-24-23-10-2-1-7-20(23)17-26-27(24)32-25(28(33-26)34-31)14-12-19-6-4-9-22(30)16-19/h1-10,15-17H,11-14,31H2,(H,33,34). The van der Waals surface area contributed by atoms with Gasteiger partial charge in [0.25, 0.3) is 0 Å². The lowest BCUT2D eigenvalue weighted by Gasteiger charge is -2.14. The van der Waals surface area contributed by atoms with Crippen molar-refractivity contribution in [3.8, 4) is 0 Å². The third-order valence-electron chi connectivity index (χ3n) is 6.09. The molecule has 0 unspecified atom stereocenters. The predicted octanol–water partition coefficient (Wildman–Crippen LogP) is 6.95. The van der Waals surface area contributed by atoms with E-state index >= 15 is 0 Å². The molecule has 0 atom stereocenters. The van der Waals surface area contributed by atoms with E-state index in [0.29, 0.717) is 12.2 Å². The fourth-order valence-corrected chi connectivity index (χ4v) is 4.86. The highest BCUT2D eigenvalue weighted by molar-refractivity contribution is 6.30. The van der Waals surface area contributed by atoms with Crippen molar-refractivity contribution in [2.75, 3.05) is 5.43 Å². The Bertz CT molecular complexity index is 1480. The lowest BCUT2D eigenvalue weighted by atomic mass is 9.96. The van der Waals surface area contributed by atoms with E-state index in [2.05, 4.69) is 41.8 Å². The molecular weight excluding hydrogens is 463 g/mol. The molecule has 0 amide bonds. The topological polar surface area (TPSA) is 63.8 Å². The van der Waals surface area contributed by atoms with Gasteiger partial charge in [-0.1, -0.05) is 71.7 Å². The highest BCUT2D eigenvalue weighted by Gasteiger charge is 2.15. The largest absolute Gasteiger partial charge is 0.307 e. The van der Waals surface area contributed by atoms with Crippen LogP contribution in [0.15, 0.2) is 78.9 Å². The number of halogens is 2. The fourth-order valence-electron chi connectivity index (χ4n) is 4.44. The van der Waals surface area contributed by atoms with Gasteiger partial charge in [0.05, 0.1) is 16.7 Å². The summed E-state index contributed by atoms with van der Waals surface area (Å²) >= 11 is 12.4. The summed E-state index contributed by atoms with van der Waals surface area (Å²) in [7, 11) is 0. The molecule has 0 aliphatic heterocycles. The average Bonchev–Trinajstić information content (AvgIpc) is 2.85. The van der Waals surface area contributed by atoms with Crippen LogP contribution in [-0.4, -0.2) is 9.97 Å². The number of rotatable bonds is 7. The number of nitrogens with zero attached hydrogens (tertiary/aromatic N) is 2. The highest BCUT2D eigenvalue weighted by Crippen LogP contribution is 2.30. The van der Waals surface area contributed by atoms with Crippen LogP contribution in [0.2, 0.25) is 10.0 Å². The highest BCUT2D eigenvalue weighted by atomic mass is 35.5. The van der Waals surface area contributed by atoms with Crippen molar-refractivity contribution in [3.05, 3.63) is 111 Å². The van der Waals surface area contributed by atoms with E-state index in [4.69, 9.17) is 39.0 Å². The van der Waals surface area contributed by atoms with E-state index in [1.54, 1.807) is 0 Å². The normalized spacial score (nSPS) is 11.3. The minimum Gasteiger partial charge on any atom is -0.307 e. The zero-order valence-corrected chi connectivity index (χ0v) is 20.1. The second kappa shape index (κ2) is 9.98. The molecule has 1 aromatic heterocycles. The zero-order chi connectivity index (χ0) is 23.5. The molecule has 34 heavy (non-hydrogen) atoms. The Hall–Kier alpha value is -3.18. The number of aromatic nitrogens is 2. The van der Waals surface area contributed by atoms with Gasteiger partial charge in [-0.15, -0.1) is 0 Å². The first-order valence-electron chi connectivity index (χ1n) is 11.3. The summed E-state index contributed by atoms with van der Waals surface area (Å²) in [6.45, 7) is 0. The van der Waals surface area contributed by atoms with Gasteiger partial charge in [-0.3, -0.25) is 0 Å². The molecule has 0 saturated heterocycles. The quantitative estimate of drug-likeness (QED) is 0.148. The summed E-state index contributed by atoms with van der Waals surface area (Å²) in [4.78, 5) is 9.96. The lowest BCUT2D eigenvalue weighted by Crippen LogP contribution is -2.14. The number of nitrogen functional groups attached to an aromatic ring is 1. The zero-order valence-electron chi connectivity index (χ0n) is 18.6. The fraction of sp³-hybridized carbons (Fsp3) is 0.143. The molecule has 5 rings (SSSR count). The number of aryl methyl sites for hydroxylation is 4. The first kappa shape index (κ1) is 22.6. The van der Waals surface area contributed by atoms with Crippen LogP contribution in [0.3, 0.4) is 0 Å². The van der Waals surface area contributed by atoms with Gasteiger partial charge in [0.2, 0.25) is 0 Å². The van der Waals surface area contributed by atoms with Gasteiger partial charge in [0.1, 0.15) is 0 Å². The molecule has 0 saturated carbocycles. The number of nitrogens with one attached hydrogen (secondary N) is 1. The number of nitrogens with two attached hydrogens (primary N) is 1. The Morgan fingerprint density at radius 2 is 1.38 bits per heavy atom. The molecule has 0 fully saturated rings. The molecule has 1 heterocycles. The molecule has 4 aromatic carbocycles. The van der Waals surface area contributed by atoms with Crippen molar-refractivity contribution in [3.63, 3.8) is 0 Å². The Labute approximate surface area is 208 Å². The van der Waals surface area contributed by atoms with Crippen molar-refractivity contribution in [2.24, 2.45) is 5.84 Å². The second-order valence-corrected chi connectivity index (χ2v) is 9.24. The van der Waals surface area contributed by atoms with Gasteiger partial charge in [-0.2, -0.15) is 0 Å². The number of hydrogen-bond donors (Lipinski definition) is 2. The van der Waals surface area contributed by atoms with E-state index in [9.17, 15) is 0 Å². The minimum atomic E-state index is 0.602. The molecule has 0 bridgehead atoms. The van der Waals surface area contributed by atoms with Crippen molar-refractivity contribution >= 4 is 50.8 Å². The summed E-state index contributed by atoms with van der Waals surface area (Å²) in [5, 5.41) is 3.82. The van der Waals surface area contributed by atoms with Crippen LogP contribution in [0, 0.1) is 0 Å². The molecule has 4 nitrogen and oxygen atoms in total. The molecule has 3 N–H and O–H groups in total. The van der Waals surface area contributed by atoms with E-state index < -0.39 is 0 Å². The van der Waals surface area contributed by atoms with E-state index in [1.807, 2.05) is 42.5 Å². The first-order chi connectivity index (χ1) is 16.6. The lowest BCUT2D eigenvalue weighted by molar-refractivity contribution is 0.906. The van der Waals surface area contributed by atoms with Crippen molar-refractivity contribution in [1.29, 1.82) is 0 Å². The van der Waals surface area contributed by atoms with Crippen LogP contribution < -0.4 is 11.3 Å². The third kappa shape index (κ3) is 4.85. The van der Waals surface area contributed by atoms with Gasteiger partial charge < -0.3 is 5.43 Å².